The molecule has 8 heteroatoms. The second-order valence-electron chi connectivity index (χ2n) is 6.72. The third-order valence-electron chi connectivity index (χ3n) is 3.44. The maximum Gasteiger partial charge on any atom is 0.363 e. The van der Waals surface area contributed by atoms with E-state index in [1.54, 1.807) is 13.3 Å². The Morgan fingerprint density at radius 1 is 1.31 bits per heavy atom. The van der Waals surface area contributed by atoms with Crippen molar-refractivity contribution >= 4 is 12.0 Å². The lowest BCUT2D eigenvalue weighted by atomic mass is 9.92. The molecule has 2 aromatic rings. The molecule has 0 amide bonds. The maximum absolute atomic E-state index is 11.5. The van der Waals surface area contributed by atoms with Gasteiger partial charge in [0.25, 0.3) is 0 Å². The Hall–Kier alpha value is -2.90. The molecule has 0 aliphatic rings. The van der Waals surface area contributed by atoms with Gasteiger partial charge in [0, 0.05) is 5.41 Å². The van der Waals surface area contributed by atoms with Gasteiger partial charge in [0.05, 0.1) is 19.9 Å². The van der Waals surface area contributed by atoms with Crippen LogP contribution in [0.3, 0.4) is 0 Å². The molecule has 0 aliphatic heterocycles. The van der Waals surface area contributed by atoms with E-state index in [0.717, 1.165) is 12.0 Å². The average Bonchev–Trinajstić information content (AvgIpc) is 2.59. The number of hydrogen-bond donors (Lipinski definition) is 2. The van der Waals surface area contributed by atoms with Gasteiger partial charge in [-0.25, -0.2) is 9.89 Å². The first-order valence-corrected chi connectivity index (χ1v) is 8.42. The molecule has 0 radical (unpaired) electrons. The number of hydrazone groups is 1. The van der Waals surface area contributed by atoms with Crippen molar-refractivity contribution in [3.8, 4) is 11.5 Å². The summed E-state index contributed by atoms with van der Waals surface area (Å²) in [7, 11) is 1.60. The fraction of sp³-hybridized carbons (Fsp3) is 0.444. The van der Waals surface area contributed by atoms with Gasteiger partial charge in [0.2, 0.25) is 0 Å². The zero-order valence-corrected chi connectivity index (χ0v) is 15.8. The minimum absolute atomic E-state index is 0.295. The van der Waals surface area contributed by atoms with Crippen LogP contribution in [-0.2, 0) is 5.41 Å². The average molecular weight is 359 g/mol. The van der Waals surface area contributed by atoms with Crippen LogP contribution >= 0.6 is 0 Å². The van der Waals surface area contributed by atoms with Gasteiger partial charge in [0.1, 0.15) is 5.69 Å². The summed E-state index contributed by atoms with van der Waals surface area (Å²) >= 11 is 0. The lowest BCUT2D eigenvalue weighted by molar-refractivity contribution is 0.294. The molecular formula is C18H25N5O3. The Labute approximate surface area is 152 Å². The van der Waals surface area contributed by atoms with Gasteiger partial charge in [-0.3, -0.25) is 5.43 Å². The third-order valence-corrected chi connectivity index (χ3v) is 3.44. The predicted octanol–water partition coefficient (Wildman–Crippen LogP) is 2.71. The van der Waals surface area contributed by atoms with Gasteiger partial charge in [-0.2, -0.15) is 15.2 Å². The molecule has 0 atom stereocenters. The second kappa shape index (κ2) is 8.46. The van der Waals surface area contributed by atoms with Crippen molar-refractivity contribution in [3.05, 3.63) is 39.9 Å². The molecule has 0 saturated carbocycles. The monoisotopic (exact) mass is 359 g/mol. The summed E-state index contributed by atoms with van der Waals surface area (Å²) in [6.07, 6.45) is 2.52. The first-order valence-electron chi connectivity index (χ1n) is 8.42. The number of H-pyrrole nitrogens is 1. The number of rotatable bonds is 7. The Kier molecular flexibility index (Phi) is 6.32. The van der Waals surface area contributed by atoms with Crippen LogP contribution in [0.15, 0.2) is 28.1 Å². The van der Waals surface area contributed by atoms with E-state index >= 15 is 0 Å². The summed E-state index contributed by atoms with van der Waals surface area (Å²) in [4.78, 5) is 15.4. The highest BCUT2D eigenvalue weighted by Crippen LogP contribution is 2.28. The smallest absolute Gasteiger partial charge is 0.363 e. The fourth-order valence-corrected chi connectivity index (χ4v) is 2.20. The Bertz CT molecular complexity index is 824. The summed E-state index contributed by atoms with van der Waals surface area (Å²) in [6.45, 7) is 8.57. The minimum Gasteiger partial charge on any atom is -0.493 e. The minimum atomic E-state index is -0.532. The van der Waals surface area contributed by atoms with Gasteiger partial charge in [-0.15, -0.1) is 0 Å². The molecule has 26 heavy (non-hydrogen) atoms. The third kappa shape index (κ3) is 5.05. The number of nitrogens with one attached hydrogen (secondary N) is 2. The number of ether oxygens (including phenoxy) is 2. The molecule has 0 unspecified atom stereocenters. The highest BCUT2D eigenvalue weighted by molar-refractivity contribution is 5.81. The number of aromatic nitrogens is 3. The van der Waals surface area contributed by atoms with Crippen LogP contribution < -0.4 is 20.6 Å². The quantitative estimate of drug-likeness (QED) is 0.582. The predicted molar refractivity (Wildman–Crippen MR) is 101 cm³/mol. The normalized spacial score (nSPS) is 11.6. The van der Waals surface area contributed by atoms with Crippen molar-refractivity contribution < 1.29 is 9.47 Å². The molecule has 8 nitrogen and oxygen atoms in total. The highest BCUT2D eigenvalue weighted by atomic mass is 16.5. The van der Waals surface area contributed by atoms with Crippen molar-refractivity contribution in [2.24, 2.45) is 5.10 Å². The Balaban J connectivity index is 2.21. The molecule has 0 saturated heterocycles. The van der Waals surface area contributed by atoms with Crippen LogP contribution in [0.5, 0.6) is 11.5 Å². The first kappa shape index (κ1) is 19.4. The SMILES string of the molecule is CCCOc1cc(/C=N/Nc2nc(=O)[nH]nc2C(C)(C)C)ccc1OC. The number of methoxy groups -OCH3 is 1. The first-order chi connectivity index (χ1) is 12.3. The lowest BCUT2D eigenvalue weighted by Gasteiger charge is -2.18. The Morgan fingerprint density at radius 3 is 2.73 bits per heavy atom. The molecule has 1 heterocycles. The molecule has 2 rings (SSSR count). The number of aromatic amines is 1. The molecule has 0 fully saturated rings. The van der Waals surface area contributed by atoms with E-state index in [0.29, 0.717) is 29.6 Å². The van der Waals surface area contributed by atoms with E-state index < -0.39 is 5.69 Å². The molecule has 2 N–H and O–H groups in total. The molecule has 1 aromatic carbocycles. The highest BCUT2D eigenvalue weighted by Gasteiger charge is 2.21. The molecule has 1 aromatic heterocycles. The number of benzene rings is 1. The van der Waals surface area contributed by atoms with E-state index in [4.69, 9.17) is 9.47 Å². The van der Waals surface area contributed by atoms with E-state index in [1.807, 2.05) is 45.9 Å². The van der Waals surface area contributed by atoms with E-state index in [1.165, 1.54) is 0 Å². The lowest BCUT2D eigenvalue weighted by Crippen LogP contribution is -2.24. The summed E-state index contributed by atoms with van der Waals surface area (Å²) in [6, 6.07) is 5.52. The maximum atomic E-state index is 11.5. The van der Waals surface area contributed by atoms with Gasteiger partial charge >= 0.3 is 5.69 Å². The zero-order valence-electron chi connectivity index (χ0n) is 15.8. The van der Waals surface area contributed by atoms with Crippen molar-refractivity contribution in [2.75, 3.05) is 19.1 Å². The van der Waals surface area contributed by atoms with Gasteiger partial charge in [-0.05, 0) is 30.2 Å². The van der Waals surface area contributed by atoms with E-state index in [2.05, 4.69) is 25.7 Å². The molecular weight excluding hydrogens is 334 g/mol. The van der Waals surface area contributed by atoms with Crippen LogP contribution in [0.1, 0.15) is 45.4 Å². The van der Waals surface area contributed by atoms with Gasteiger partial charge < -0.3 is 9.47 Å². The van der Waals surface area contributed by atoms with Gasteiger partial charge in [-0.1, -0.05) is 27.7 Å². The fourth-order valence-electron chi connectivity index (χ4n) is 2.20. The Morgan fingerprint density at radius 2 is 2.08 bits per heavy atom. The largest absolute Gasteiger partial charge is 0.493 e. The van der Waals surface area contributed by atoms with E-state index in [-0.39, 0.29) is 5.41 Å². The summed E-state index contributed by atoms with van der Waals surface area (Å²) < 4.78 is 11.0. The summed E-state index contributed by atoms with van der Waals surface area (Å²) in [5.74, 6) is 1.65. The number of nitrogens with zero attached hydrogens (tertiary/aromatic N) is 3. The van der Waals surface area contributed by atoms with Crippen molar-refractivity contribution in [1.29, 1.82) is 0 Å². The molecule has 0 aliphatic carbocycles. The molecule has 0 bridgehead atoms. The van der Waals surface area contributed by atoms with Crippen LogP contribution in [0.25, 0.3) is 0 Å². The van der Waals surface area contributed by atoms with Crippen molar-refractivity contribution in [2.45, 2.75) is 39.5 Å². The van der Waals surface area contributed by atoms with Crippen LogP contribution in [0, 0.1) is 0 Å². The van der Waals surface area contributed by atoms with E-state index in [9.17, 15) is 4.79 Å². The number of hydrogen-bond acceptors (Lipinski definition) is 7. The summed E-state index contributed by atoms with van der Waals surface area (Å²) in [5.41, 5.74) is 3.42. The summed E-state index contributed by atoms with van der Waals surface area (Å²) in [5, 5.41) is 10.6. The standard InChI is InChI=1S/C18H25N5O3/c1-6-9-26-14-10-12(7-8-13(14)25-5)11-19-22-16-15(18(2,3)4)21-23-17(24)20-16/h7-8,10-11H,6,9H2,1-5H3,(H2,20,22,23,24)/b19-11+. The zero-order chi connectivity index (χ0) is 19.2. The van der Waals surface area contributed by atoms with Crippen molar-refractivity contribution in [1.82, 2.24) is 15.2 Å². The molecule has 0 spiro atoms. The van der Waals surface area contributed by atoms with Crippen LogP contribution in [0.2, 0.25) is 0 Å². The second-order valence-corrected chi connectivity index (χ2v) is 6.72. The van der Waals surface area contributed by atoms with Crippen molar-refractivity contribution in [3.63, 3.8) is 0 Å². The van der Waals surface area contributed by atoms with Gasteiger partial charge in [0.15, 0.2) is 17.3 Å². The topological polar surface area (TPSA) is 101 Å². The van der Waals surface area contributed by atoms with Crippen LogP contribution in [-0.4, -0.2) is 35.1 Å². The van der Waals surface area contributed by atoms with Crippen LogP contribution in [0.4, 0.5) is 5.82 Å². The number of anilines is 1. The molecule has 140 valence electrons.